The Balaban J connectivity index is 1.34. The van der Waals surface area contributed by atoms with E-state index in [4.69, 9.17) is 23.8 Å². The van der Waals surface area contributed by atoms with Crippen molar-refractivity contribution in [3.05, 3.63) is 83.9 Å². The summed E-state index contributed by atoms with van der Waals surface area (Å²) in [7, 11) is -3.82. The fraction of sp³-hybridized carbons (Fsp3) is 0.0500. The summed E-state index contributed by atoms with van der Waals surface area (Å²) in [6, 6.07) is 15.1. The van der Waals surface area contributed by atoms with Crippen LogP contribution in [-0.2, 0) is 16.6 Å². The number of benzene rings is 2. The topological polar surface area (TPSA) is 127 Å². The zero-order valence-electron chi connectivity index (χ0n) is 16.9. The third kappa shape index (κ3) is 6.00. The second kappa shape index (κ2) is 9.90. The average molecular weight is 501 g/mol. The molecule has 2 heterocycles. The van der Waals surface area contributed by atoms with E-state index in [1.165, 1.54) is 24.5 Å². The molecule has 0 amide bonds. The molecule has 10 nitrogen and oxygen atoms in total. The Hall–Kier alpha value is -3.61. The molecule has 0 radical (unpaired) electrons. The summed E-state index contributed by atoms with van der Waals surface area (Å²) in [5, 5.41) is 11.1. The molecule has 0 bridgehead atoms. The molecule has 0 aliphatic heterocycles. The zero-order chi connectivity index (χ0) is 23.3. The summed E-state index contributed by atoms with van der Waals surface area (Å²) in [6.07, 6.45) is 4.46. The maximum Gasteiger partial charge on any atom is 0.264 e. The van der Waals surface area contributed by atoms with Gasteiger partial charge in [-0.1, -0.05) is 29.8 Å². The number of hydrogen-bond donors (Lipinski definition) is 3. The van der Waals surface area contributed by atoms with Gasteiger partial charge in [0.05, 0.1) is 11.4 Å². The van der Waals surface area contributed by atoms with Crippen LogP contribution in [-0.4, -0.2) is 38.3 Å². The molecule has 0 atom stereocenters. The van der Waals surface area contributed by atoms with Crippen molar-refractivity contribution in [2.75, 3.05) is 15.4 Å². The number of halogens is 1. The fourth-order valence-electron chi connectivity index (χ4n) is 2.74. The van der Waals surface area contributed by atoms with Gasteiger partial charge in [0.1, 0.15) is 6.33 Å². The molecule has 0 aliphatic carbocycles. The Bertz CT molecular complexity index is 1360. The second-order valence-electron chi connectivity index (χ2n) is 6.64. The second-order valence-corrected chi connectivity index (χ2v) is 9.14. The standard InChI is InChI=1S/C20H17ClN8O2S2/c21-17-5-2-1-4-14(17)12-29-13-24-19(27-29)26-20(32)25-15-6-8-16(9-7-15)33(30,31)28-18-22-10-3-11-23-18/h1-11,13H,12H2,(H,22,23,28)(H2,25,26,27,32). The van der Waals surface area contributed by atoms with E-state index in [1.54, 1.807) is 29.2 Å². The van der Waals surface area contributed by atoms with Gasteiger partial charge in [-0.25, -0.2) is 32.8 Å². The van der Waals surface area contributed by atoms with Crippen LogP contribution < -0.4 is 15.4 Å². The van der Waals surface area contributed by atoms with Gasteiger partial charge in [-0.05, 0) is 54.2 Å². The summed E-state index contributed by atoms with van der Waals surface area (Å²) < 4.78 is 28.9. The fourth-order valence-corrected chi connectivity index (χ4v) is 4.10. The van der Waals surface area contributed by atoms with E-state index in [0.29, 0.717) is 23.2 Å². The predicted octanol–water partition coefficient (Wildman–Crippen LogP) is 3.38. The van der Waals surface area contributed by atoms with Crippen molar-refractivity contribution >= 4 is 56.5 Å². The maximum atomic E-state index is 12.5. The van der Waals surface area contributed by atoms with Gasteiger partial charge >= 0.3 is 0 Å². The number of thiocarbonyl (C=S) groups is 1. The molecule has 0 fully saturated rings. The van der Waals surface area contributed by atoms with Crippen LogP contribution in [0.25, 0.3) is 0 Å². The molecule has 0 saturated heterocycles. The minimum absolute atomic E-state index is 0.00782. The van der Waals surface area contributed by atoms with Gasteiger partial charge in [-0.2, -0.15) is 0 Å². The third-order valence-electron chi connectivity index (χ3n) is 4.27. The van der Waals surface area contributed by atoms with Gasteiger partial charge in [0, 0.05) is 23.1 Å². The first kappa shape index (κ1) is 22.6. The van der Waals surface area contributed by atoms with Crippen LogP contribution >= 0.6 is 23.8 Å². The average Bonchev–Trinajstić information content (AvgIpc) is 3.22. The van der Waals surface area contributed by atoms with Crippen LogP contribution in [0.3, 0.4) is 0 Å². The van der Waals surface area contributed by atoms with Crippen molar-refractivity contribution in [2.45, 2.75) is 11.4 Å². The minimum atomic E-state index is -3.82. The van der Waals surface area contributed by atoms with Crippen LogP contribution in [0.1, 0.15) is 5.56 Å². The molecule has 2 aromatic heterocycles. The SMILES string of the molecule is O=S(=O)(Nc1ncccn1)c1ccc(NC(=S)Nc2ncn(Cc3ccccc3Cl)n2)cc1. The Morgan fingerprint density at radius 3 is 2.39 bits per heavy atom. The first-order valence-electron chi connectivity index (χ1n) is 9.50. The lowest BCUT2D eigenvalue weighted by Gasteiger charge is -2.10. The van der Waals surface area contributed by atoms with E-state index in [-0.39, 0.29) is 16.0 Å². The number of nitrogens with one attached hydrogen (secondary N) is 3. The first-order chi connectivity index (χ1) is 15.9. The lowest BCUT2D eigenvalue weighted by Crippen LogP contribution is -2.20. The van der Waals surface area contributed by atoms with Crippen LogP contribution in [0.2, 0.25) is 5.02 Å². The first-order valence-corrected chi connectivity index (χ1v) is 11.8. The van der Waals surface area contributed by atoms with Crippen molar-refractivity contribution in [1.29, 1.82) is 0 Å². The smallest absolute Gasteiger partial charge is 0.264 e. The van der Waals surface area contributed by atoms with Crippen molar-refractivity contribution < 1.29 is 8.42 Å². The molecular formula is C20H17ClN8O2S2. The monoisotopic (exact) mass is 500 g/mol. The number of anilines is 3. The molecule has 3 N–H and O–H groups in total. The van der Waals surface area contributed by atoms with Crippen molar-refractivity contribution in [1.82, 2.24) is 24.7 Å². The molecule has 0 unspecified atom stereocenters. The molecule has 33 heavy (non-hydrogen) atoms. The molecule has 4 rings (SSSR count). The lowest BCUT2D eigenvalue weighted by atomic mass is 10.2. The highest BCUT2D eigenvalue weighted by Gasteiger charge is 2.15. The quantitative estimate of drug-likeness (QED) is 0.327. The van der Waals surface area contributed by atoms with E-state index >= 15 is 0 Å². The van der Waals surface area contributed by atoms with Crippen LogP contribution in [0.4, 0.5) is 17.6 Å². The lowest BCUT2D eigenvalue weighted by molar-refractivity contribution is 0.601. The highest BCUT2D eigenvalue weighted by Crippen LogP contribution is 2.17. The number of rotatable bonds is 7. The predicted molar refractivity (Wildman–Crippen MR) is 130 cm³/mol. The summed E-state index contributed by atoms with van der Waals surface area (Å²) in [4.78, 5) is 11.9. The Morgan fingerprint density at radius 1 is 0.939 bits per heavy atom. The van der Waals surface area contributed by atoms with E-state index in [1.807, 2.05) is 24.3 Å². The highest BCUT2D eigenvalue weighted by molar-refractivity contribution is 7.92. The van der Waals surface area contributed by atoms with Gasteiger partial charge in [0.15, 0.2) is 5.11 Å². The molecule has 168 valence electrons. The largest absolute Gasteiger partial charge is 0.332 e. The summed E-state index contributed by atoms with van der Waals surface area (Å²) >= 11 is 11.5. The highest BCUT2D eigenvalue weighted by atomic mass is 35.5. The Morgan fingerprint density at radius 2 is 1.67 bits per heavy atom. The molecule has 0 saturated carbocycles. The number of sulfonamides is 1. The number of aromatic nitrogens is 5. The van der Waals surface area contributed by atoms with Gasteiger partial charge in [-0.15, -0.1) is 5.10 Å². The van der Waals surface area contributed by atoms with Gasteiger partial charge < -0.3 is 5.32 Å². The zero-order valence-corrected chi connectivity index (χ0v) is 19.3. The van der Waals surface area contributed by atoms with Crippen LogP contribution in [0.15, 0.2) is 78.2 Å². The van der Waals surface area contributed by atoms with Gasteiger partial charge in [0.2, 0.25) is 11.9 Å². The van der Waals surface area contributed by atoms with E-state index in [2.05, 4.69) is 35.4 Å². The molecule has 0 spiro atoms. The van der Waals surface area contributed by atoms with Crippen molar-refractivity contribution in [3.63, 3.8) is 0 Å². The van der Waals surface area contributed by atoms with Gasteiger partial charge in [-0.3, -0.25) is 5.32 Å². The van der Waals surface area contributed by atoms with E-state index in [0.717, 1.165) is 5.56 Å². The normalized spacial score (nSPS) is 11.1. The van der Waals surface area contributed by atoms with Crippen molar-refractivity contribution in [3.8, 4) is 0 Å². The Kier molecular flexibility index (Phi) is 6.77. The van der Waals surface area contributed by atoms with Crippen LogP contribution in [0.5, 0.6) is 0 Å². The number of nitrogens with zero attached hydrogens (tertiary/aromatic N) is 5. The Labute approximate surface area is 200 Å². The number of hydrogen-bond acceptors (Lipinski definition) is 7. The summed E-state index contributed by atoms with van der Waals surface area (Å²) in [6.45, 7) is 0.465. The maximum absolute atomic E-state index is 12.5. The minimum Gasteiger partial charge on any atom is -0.332 e. The molecule has 4 aromatic rings. The summed E-state index contributed by atoms with van der Waals surface area (Å²) in [5.41, 5.74) is 1.50. The summed E-state index contributed by atoms with van der Waals surface area (Å²) in [5.74, 6) is 0.303. The molecular weight excluding hydrogens is 484 g/mol. The van der Waals surface area contributed by atoms with Crippen LogP contribution in [0, 0.1) is 0 Å². The van der Waals surface area contributed by atoms with E-state index < -0.39 is 10.0 Å². The van der Waals surface area contributed by atoms with Gasteiger partial charge in [0.25, 0.3) is 10.0 Å². The van der Waals surface area contributed by atoms with E-state index in [9.17, 15) is 8.42 Å². The molecule has 0 aliphatic rings. The third-order valence-corrected chi connectivity index (χ3v) is 6.18. The molecule has 2 aromatic carbocycles. The van der Waals surface area contributed by atoms with Crippen molar-refractivity contribution in [2.24, 2.45) is 0 Å². The molecule has 13 heteroatoms.